The molecule has 31 heavy (non-hydrogen) atoms. The molecule has 162 valence electrons. The van der Waals surface area contributed by atoms with Gasteiger partial charge in [0.1, 0.15) is 23.2 Å². The largest absolute Gasteiger partial charge is 1.00 e. The fourth-order valence-corrected chi connectivity index (χ4v) is 8.10. The summed E-state index contributed by atoms with van der Waals surface area (Å²) in [6.07, 6.45) is 8.79. The summed E-state index contributed by atoms with van der Waals surface area (Å²) in [5.74, 6) is -0.134. The number of unbranched alkanes of at least 4 members (excludes halogenated alkanes) is 1. The summed E-state index contributed by atoms with van der Waals surface area (Å²) < 4.78 is 4.71. The van der Waals surface area contributed by atoms with Crippen LogP contribution in [0.4, 0.5) is 0 Å². The fourth-order valence-electron chi connectivity index (χ4n) is 3.85. The number of ether oxygens (including phenoxy) is 1. The van der Waals surface area contributed by atoms with E-state index in [1.807, 2.05) is 0 Å². The third-order valence-corrected chi connectivity index (χ3v) is 9.84. The molecule has 0 saturated carbocycles. The molecular formula is C27H30BrO2P. The van der Waals surface area contributed by atoms with Crippen molar-refractivity contribution in [3.63, 3.8) is 0 Å². The van der Waals surface area contributed by atoms with E-state index in [9.17, 15) is 4.79 Å². The molecule has 0 radical (unpaired) electrons. The van der Waals surface area contributed by atoms with E-state index in [4.69, 9.17) is 4.74 Å². The highest BCUT2D eigenvalue weighted by Gasteiger charge is 2.44. The van der Waals surface area contributed by atoms with Gasteiger partial charge in [-0.2, -0.15) is 0 Å². The number of esters is 1. The molecule has 0 atom stereocenters. The van der Waals surface area contributed by atoms with Crippen LogP contribution in [0, 0.1) is 0 Å². The molecule has 0 amide bonds. The van der Waals surface area contributed by atoms with Gasteiger partial charge < -0.3 is 21.7 Å². The Morgan fingerprint density at radius 2 is 1.16 bits per heavy atom. The van der Waals surface area contributed by atoms with Gasteiger partial charge in [0, 0.05) is 12.8 Å². The SMILES string of the molecule is COC(=O)CCCC=CCC[P+](c1ccccc1)(c1ccccc1)c1ccccc1.[Br-]. The van der Waals surface area contributed by atoms with Crippen LogP contribution in [-0.2, 0) is 9.53 Å². The first-order chi connectivity index (χ1) is 14.8. The Morgan fingerprint density at radius 3 is 1.58 bits per heavy atom. The van der Waals surface area contributed by atoms with E-state index in [0.717, 1.165) is 25.4 Å². The Labute approximate surface area is 197 Å². The van der Waals surface area contributed by atoms with Crippen LogP contribution in [0.25, 0.3) is 0 Å². The Morgan fingerprint density at radius 1 is 0.742 bits per heavy atom. The maximum absolute atomic E-state index is 11.3. The van der Waals surface area contributed by atoms with Gasteiger partial charge >= 0.3 is 5.97 Å². The summed E-state index contributed by atoms with van der Waals surface area (Å²) in [6.45, 7) is 0. The van der Waals surface area contributed by atoms with Crippen molar-refractivity contribution < 1.29 is 26.5 Å². The van der Waals surface area contributed by atoms with Gasteiger partial charge in [-0.1, -0.05) is 66.7 Å². The average molecular weight is 497 g/mol. The van der Waals surface area contributed by atoms with Crippen molar-refractivity contribution in [3.05, 3.63) is 103 Å². The topological polar surface area (TPSA) is 26.3 Å². The van der Waals surface area contributed by atoms with E-state index in [-0.39, 0.29) is 23.0 Å². The van der Waals surface area contributed by atoms with Crippen LogP contribution < -0.4 is 32.9 Å². The van der Waals surface area contributed by atoms with E-state index in [2.05, 4.69) is 103 Å². The third kappa shape index (κ3) is 6.63. The van der Waals surface area contributed by atoms with Crippen LogP contribution >= 0.6 is 7.26 Å². The second-order valence-electron chi connectivity index (χ2n) is 7.27. The number of halogens is 1. The minimum atomic E-state index is -1.75. The minimum absolute atomic E-state index is 0. The number of carbonyl (C=O) groups is 1. The first-order valence-corrected chi connectivity index (χ1v) is 12.5. The lowest BCUT2D eigenvalue weighted by Gasteiger charge is -2.27. The Hall–Kier alpha value is -2.22. The summed E-state index contributed by atoms with van der Waals surface area (Å²) >= 11 is 0. The quantitative estimate of drug-likeness (QED) is 0.186. The van der Waals surface area contributed by atoms with Gasteiger partial charge in [0.25, 0.3) is 0 Å². The molecule has 0 fully saturated rings. The molecule has 4 heteroatoms. The molecule has 0 heterocycles. The van der Waals surface area contributed by atoms with Gasteiger partial charge in [0.15, 0.2) is 0 Å². The van der Waals surface area contributed by atoms with Crippen molar-refractivity contribution in [3.8, 4) is 0 Å². The molecule has 3 aromatic carbocycles. The third-order valence-electron chi connectivity index (χ3n) is 5.37. The molecular weight excluding hydrogens is 467 g/mol. The summed E-state index contributed by atoms with van der Waals surface area (Å²) in [6, 6.07) is 32.9. The highest BCUT2D eigenvalue weighted by atomic mass is 79.9. The predicted molar refractivity (Wildman–Crippen MR) is 130 cm³/mol. The lowest BCUT2D eigenvalue weighted by Crippen LogP contribution is -3.00. The van der Waals surface area contributed by atoms with Crippen LogP contribution in [0.15, 0.2) is 103 Å². The number of rotatable bonds is 10. The van der Waals surface area contributed by atoms with Crippen molar-refractivity contribution in [1.82, 2.24) is 0 Å². The van der Waals surface area contributed by atoms with E-state index in [1.165, 1.54) is 23.0 Å². The summed E-state index contributed by atoms with van der Waals surface area (Å²) in [4.78, 5) is 11.3. The molecule has 0 aromatic heterocycles. The number of benzene rings is 3. The van der Waals surface area contributed by atoms with Gasteiger partial charge in [0.2, 0.25) is 0 Å². The molecule has 0 aliphatic rings. The molecule has 0 unspecified atom stereocenters. The number of hydrogen-bond acceptors (Lipinski definition) is 2. The first-order valence-electron chi connectivity index (χ1n) is 10.5. The van der Waals surface area contributed by atoms with E-state index >= 15 is 0 Å². The fraction of sp³-hybridized carbons (Fsp3) is 0.222. The van der Waals surface area contributed by atoms with Crippen molar-refractivity contribution >= 4 is 29.1 Å². The monoisotopic (exact) mass is 496 g/mol. The summed E-state index contributed by atoms with van der Waals surface area (Å²) in [5.41, 5.74) is 0. The highest BCUT2D eigenvalue weighted by Crippen LogP contribution is 2.55. The smallest absolute Gasteiger partial charge is 0.305 e. The zero-order chi connectivity index (χ0) is 21.1. The van der Waals surface area contributed by atoms with E-state index in [0.29, 0.717) is 6.42 Å². The number of methoxy groups -OCH3 is 1. The van der Waals surface area contributed by atoms with Crippen molar-refractivity contribution in [1.29, 1.82) is 0 Å². The minimum Gasteiger partial charge on any atom is -1.00 e. The molecule has 0 aliphatic heterocycles. The average Bonchev–Trinajstić information content (AvgIpc) is 2.82. The van der Waals surface area contributed by atoms with Gasteiger partial charge in [-0.3, -0.25) is 4.79 Å². The lowest BCUT2D eigenvalue weighted by atomic mass is 10.2. The molecule has 0 N–H and O–H groups in total. The number of allylic oxidation sites excluding steroid dienone is 2. The van der Waals surface area contributed by atoms with Crippen LogP contribution in [0.3, 0.4) is 0 Å². The maximum atomic E-state index is 11.3. The van der Waals surface area contributed by atoms with Crippen molar-refractivity contribution in [2.45, 2.75) is 25.7 Å². The highest BCUT2D eigenvalue weighted by molar-refractivity contribution is 7.95. The first kappa shape index (κ1) is 25.0. The molecule has 0 spiro atoms. The molecule has 0 saturated heterocycles. The molecule has 0 bridgehead atoms. The van der Waals surface area contributed by atoms with Crippen LogP contribution in [0.2, 0.25) is 0 Å². The second kappa shape index (κ2) is 13.2. The van der Waals surface area contributed by atoms with Crippen LogP contribution in [-0.4, -0.2) is 19.2 Å². The lowest BCUT2D eigenvalue weighted by molar-refractivity contribution is -0.140. The predicted octanol–water partition coefficient (Wildman–Crippen LogP) is 2.27. The van der Waals surface area contributed by atoms with Gasteiger partial charge in [-0.05, 0) is 49.2 Å². The normalized spacial score (nSPS) is 11.1. The van der Waals surface area contributed by atoms with Gasteiger partial charge in [-0.25, -0.2) is 0 Å². The molecule has 2 nitrogen and oxygen atoms in total. The van der Waals surface area contributed by atoms with Crippen LogP contribution in [0.1, 0.15) is 25.7 Å². The van der Waals surface area contributed by atoms with Crippen molar-refractivity contribution in [2.75, 3.05) is 13.3 Å². The summed E-state index contributed by atoms with van der Waals surface area (Å²) in [5, 5.41) is 4.25. The molecule has 3 aromatic rings. The second-order valence-corrected chi connectivity index (χ2v) is 10.9. The van der Waals surface area contributed by atoms with E-state index < -0.39 is 7.26 Å². The zero-order valence-corrected chi connectivity index (χ0v) is 20.5. The van der Waals surface area contributed by atoms with Crippen LogP contribution in [0.5, 0.6) is 0 Å². The van der Waals surface area contributed by atoms with E-state index in [1.54, 1.807) is 0 Å². The molecule has 0 aliphatic carbocycles. The summed E-state index contributed by atoms with van der Waals surface area (Å²) in [7, 11) is -0.312. The Balaban J connectivity index is 0.00000341. The molecule has 3 rings (SSSR count). The van der Waals surface area contributed by atoms with Gasteiger partial charge in [-0.15, -0.1) is 0 Å². The maximum Gasteiger partial charge on any atom is 0.305 e. The number of carbonyl (C=O) groups excluding carboxylic acids is 1. The Kier molecular flexibility index (Phi) is 10.7. The number of hydrogen-bond donors (Lipinski definition) is 0. The standard InChI is InChI=1S/C27H30O2P.BrH/c1-29-27(28)22-14-3-2-4-15-23-30(24-16-8-5-9-17-24,25-18-10-6-11-19-25)26-20-12-7-13-21-26;/h2,4-13,16-21H,3,14-15,22-23H2,1H3;1H/q+1;/p-1. The Bertz CT molecular complexity index is 831. The zero-order valence-electron chi connectivity index (χ0n) is 18.0. The van der Waals surface area contributed by atoms with Gasteiger partial charge in [0.05, 0.1) is 13.3 Å². The van der Waals surface area contributed by atoms with Crippen molar-refractivity contribution in [2.24, 2.45) is 0 Å².